The van der Waals surface area contributed by atoms with Gasteiger partial charge in [0, 0.05) is 17.7 Å². The van der Waals surface area contributed by atoms with E-state index >= 15 is 0 Å². The van der Waals surface area contributed by atoms with Crippen LogP contribution in [0.2, 0.25) is 0 Å². The number of rotatable bonds is 3. The van der Waals surface area contributed by atoms with Gasteiger partial charge >= 0.3 is 0 Å². The summed E-state index contributed by atoms with van der Waals surface area (Å²) in [6.45, 7) is 2.06. The number of methoxy groups -OCH3 is 1. The van der Waals surface area contributed by atoms with Crippen molar-refractivity contribution in [1.29, 1.82) is 0 Å². The molecule has 3 aromatic rings. The molecule has 0 saturated carbocycles. The van der Waals surface area contributed by atoms with Crippen molar-refractivity contribution in [3.63, 3.8) is 0 Å². The number of carbonyl (C=O) groups is 1. The molecule has 1 aromatic heterocycles. The van der Waals surface area contributed by atoms with Crippen LogP contribution in [0, 0.1) is 6.92 Å². The number of anilines is 1. The van der Waals surface area contributed by atoms with Crippen molar-refractivity contribution in [2.45, 2.75) is 31.7 Å². The van der Waals surface area contributed by atoms with Gasteiger partial charge in [-0.15, -0.1) is 0 Å². The van der Waals surface area contributed by atoms with Crippen LogP contribution in [0.5, 0.6) is 5.75 Å². The van der Waals surface area contributed by atoms with E-state index in [4.69, 9.17) is 4.74 Å². The Labute approximate surface area is 169 Å². The standard InChI is InChI=1S/C23H22N4O2/c1-14-4-3-5-16(10-14)22-21-19(26-23-24-13-25-27(22)23)11-17(12-20(21)28)15-6-8-18(29-2)9-7-15/h3-10,13,17,22H,11-12H2,1-2H3,(H,24,25,26)/t17-,22+/m1/s1. The van der Waals surface area contributed by atoms with Crippen molar-refractivity contribution in [3.8, 4) is 5.75 Å². The maximum Gasteiger partial charge on any atom is 0.226 e. The molecule has 1 N–H and O–H groups in total. The van der Waals surface area contributed by atoms with E-state index in [9.17, 15) is 4.79 Å². The number of hydrogen-bond acceptors (Lipinski definition) is 5. The molecule has 2 atom stereocenters. The first kappa shape index (κ1) is 17.7. The summed E-state index contributed by atoms with van der Waals surface area (Å²) in [7, 11) is 1.66. The predicted octanol–water partition coefficient (Wildman–Crippen LogP) is 4.01. The lowest BCUT2D eigenvalue weighted by molar-refractivity contribution is -0.116. The van der Waals surface area contributed by atoms with Crippen molar-refractivity contribution in [2.24, 2.45) is 0 Å². The smallest absolute Gasteiger partial charge is 0.226 e. The van der Waals surface area contributed by atoms with E-state index < -0.39 is 0 Å². The summed E-state index contributed by atoms with van der Waals surface area (Å²) in [4.78, 5) is 17.7. The van der Waals surface area contributed by atoms with E-state index in [0.717, 1.165) is 40.1 Å². The average molecular weight is 386 g/mol. The number of Topliss-reactive ketones (excluding diaryl/α,β-unsaturated/α-hetero) is 1. The lowest BCUT2D eigenvalue weighted by atomic mass is 9.78. The average Bonchev–Trinajstić information content (AvgIpc) is 3.20. The van der Waals surface area contributed by atoms with Gasteiger partial charge in [0.2, 0.25) is 5.95 Å². The summed E-state index contributed by atoms with van der Waals surface area (Å²) in [6, 6.07) is 16.0. The molecule has 0 spiro atoms. The molecule has 0 fully saturated rings. The molecule has 1 aliphatic carbocycles. The van der Waals surface area contributed by atoms with Crippen molar-refractivity contribution in [3.05, 3.63) is 82.8 Å². The fraction of sp³-hybridized carbons (Fsp3) is 0.261. The monoisotopic (exact) mass is 386 g/mol. The highest BCUT2D eigenvalue weighted by atomic mass is 16.5. The van der Waals surface area contributed by atoms with E-state index in [-0.39, 0.29) is 17.7 Å². The van der Waals surface area contributed by atoms with Crippen LogP contribution in [-0.4, -0.2) is 27.7 Å². The van der Waals surface area contributed by atoms with Gasteiger partial charge in [0.15, 0.2) is 5.78 Å². The number of ketones is 1. The molecule has 0 unspecified atom stereocenters. The second-order valence-electron chi connectivity index (χ2n) is 7.66. The Bertz CT molecular complexity index is 1110. The number of fused-ring (bicyclic) bond motifs is 1. The minimum absolute atomic E-state index is 0.132. The predicted molar refractivity (Wildman–Crippen MR) is 110 cm³/mol. The van der Waals surface area contributed by atoms with Crippen molar-refractivity contribution >= 4 is 11.7 Å². The van der Waals surface area contributed by atoms with Gasteiger partial charge in [-0.2, -0.15) is 10.1 Å². The summed E-state index contributed by atoms with van der Waals surface area (Å²) in [5, 5.41) is 7.78. The zero-order valence-electron chi connectivity index (χ0n) is 16.4. The van der Waals surface area contributed by atoms with Crippen molar-refractivity contribution < 1.29 is 9.53 Å². The second kappa shape index (κ2) is 6.88. The molecular formula is C23H22N4O2. The molecule has 29 heavy (non-hydrogen) atoms. The molecule has 0 bridgehead atoms. The molecule has 6 nitrogen and oxygen atoms in total. The lowest BCUT2D eigenvalue weighted by Gasteiger charge is -2.35. The topological polar surface area (TPSA) is 69.0 Å². The lowest BCUT2D eigenvalue weighted by Crippen LogP contribution is -2.33. The molecule has 146 valence electrons. The zero-order valence-corrected chi connectivity index (χ0v) is 16.4. The molecule has 2 aliphatic rings. The molecular weight excluding hydrogens is 364 g/mol. The SMILES string of the molecule is COc1ccc([C@H]2CC(=O)C3=C(C2)Nc2ncnn2[C@H]3c2cccc(C)c2)cc1. The molecule has 0 radical (unpaired) electrons. The maximum absolute atomic E-state index is 13.4. The number of aryl methyl sites for hydroxylation is 1. The van der Waals surface area contributed by atoms with E-state index in [2.05, 4.69) is 40.5 Å². The maximum atomic E-state index is 13.4. The van der Waals surface area contributed by atoms with Gasteiger partial charge in [-0.25, -0.2) is 4.68 Å². The van der Waals surface area contributed by atoms with Crippen LogP contribution in [0.25, 0.3) is 0 Å². The highest BCUT2D eigenvalue weighted by Crippen LogP contribution is 2.44. The number of allylic oxidation sites excluding steroid dienone is 2. The highest BCUT2D eigenvalue weighted by Gasteiger charge is 2.39. The third-order valence-electron chi connectivity index (χ3n) is 5.81. The number of hydrogen-bond donors (Lipinski definition) is 1. The van der Waals surface area contributed by atoms with Crippen LogP contribution < -0.4 is 10.1 Å². The van der Waals surface area contributed by atoms with E-state index in [1.165, 1.54) is 6.33 Å². The van der Waals surface area contributed by atoms with Crippen LogP contribution in [-0.2, 0) is 4.79 Å². The molecule has 0 saturated heterocycles. The first-order valence-corrected chi connectivity index (χ1v) is 9.77. The highest BCUT2D eigenvalue weighted by molar-refractivity contribution is 6.00. The van der Waals surface area contributed by atoms with Crippen molar-refractivity contribution in [1.82, 2.24) is 14.8 Å². The fourth-order valence-corrected chi connectivity index (χ4v) is 4.41. The first-order chi connectivity index (χ1) is 14.1. The second-order valence-corrected chi connectivity index (χ2v) is 7.66. The van der Waals surface area contributed by atoms with Crippen molar-refractivity contribution in [2.75, 3.05) is 12.4 Å². The summed E-state index contributed by atoms with van der Waals surface area (Å²) >= 11 is 0. The third kappa shape index (κ3) is 3.01. The first-order valence-electron chi connectivity index (χ1n) is 9.77. The zero-order chi connectivity index (χ0) is 20.0. The van der Waals surface area contributed by atoms with Gasteiger partial charge in [0.25, 0.3) is 0 Å². The number of nitrogens with one attached hydrogen (secondary N) is 1. The van der Waals surface area contributed by atoms with Crippen LogP contribution >= 0.6 is 0 Å². The van der Waals surface area contributed by atoms with Gasteiger partial charge < -0.3 is 10.1 Å². The van der Waals surface area contributed by atoms with Gasteiger partial charge in [-0.3, -0.25) is 4.79 Å². The normalized spacial score (nSPS) is 20.7. The molecule has 2 heterocycles. The van der Waals surface area contributed by atoms with E-state index in [1.807, 2.05) is 35.0 Å². The van der Waals surface area contributed by atoms with Crippen LogP contribution in [0.4, 0.5) is 5.95 Å². The molecule has 1 aliphatic heterocycles. The quantitative estimate of drug-likeness (QED) is 0.737. The van der Waals surface area contributed by atoms with Gasteiger partial charge in [-0.05, 0) is 42.5 Å². The molecule has 2 aromatic carbocycles. The summed E-state index contributed by atoms with van der Waals surface area (Å²) in [6.07, 6.45) is 2.79. The number of benzene rings is 2. The summed E-state index contributed by atoms with van der Waals surface area (Å²) in [5.74, 6) is 1.79. The fourth-order valence-electron chi connectivity index (χ4n) is 4.41. The largest absolute Gasteiger partial charge is 0.497 e. The minimum atomic E-state index is -0.243. The van der Waals surface area contributed by atoms with E-state index in [0.29, 0.717) is 12.4 Å². The van der Waals surface area contributed by atoms with Gasteiger partial charge in [0.1, 0.15) is 18.1 Å². The van der Waals surface area contributed by atoms with Crippen LogP contribution in [0.3, 0.4) is 0 Å². The Morgan fingerprint density at radius 3 is 2.69 bits per heavy atom. The van der Waals surface area contributed by atoms with Crippen LogP contribution in [0.15, 0.2) is 66.1 Å². The number of nitrogens with zero attached hydrogens (tertiary/aromatic N) is 3. The molecule has 5 rings (SSSR count). The summed E-state index contributed by atoms with van der Waals surface area (Å²) in [5.41, 5.74) is 5.12. The van der Waals surface area contributed by atoms with E-state index in [1.54, 1.807) is 7.11 Å². The summed E-state index contributed by atoms with van der Waals surface area (Å²) < 4.78 is 7.08. The minimum Gasteiger partial charge on any atom is -0.497 e. The Balaban J connectivity index is 1.56. The molecule has 0 amide bonds. The van der Waals surface area contributed by atoms with Crippen LogP contribution in [0.1, 0.15) is 41.5 Å². The Kier molecular flexibility index (Phi) is 4.19. The number of ether oxygens (including phenoxy) is 1. The van der Waals surface area contributed by atoms with Gasteiger partial charge in [0.05, 0.1) is 7.11 Å². The number of carbonyl (C=O) groups excluding carboxylic acids is 1. The Hall–Kier alpha value is -3.41. The Morgan fingerprint density at radius 2 is 1.93 bits per heavy atom. The number of aromatic nitrogens is 3. The van der Waals surface area contributed by atoms with Gasteiger partial charge in [-0.1, -0.05) is 42.0 Å². The molecule has 6 heteroatoms. The Morgan fingerprint density at radius 1 is 1.10 bits per heavy atom. The third-order valence-corrected chi connectivity index (χ3v) is 5.81.